The third-order valence-electron chi connectivity index (χ3n) is 9.70. The summed E-state index contributed by atoms with van der Waals surface area (Å²) in [5.41, 5.74) is 12.5. The fourth-order valence-corrected chi connectivity index (χ4v) is 9.34. The summed E-state index contributed by atoms with van der Waals surface area (Å²) >= 11 is 9.31. The molecule has 6 N–H and O–H groups in total. The first-order valence-electron chi connectivity index (χ1n) is 16.4. The Morgan fingerprint density at radius 2 is 1.57 bits per heavy atom. The fraction of sp³-hybridized carbons (Fsp3) is 0.643. The highest BCUT2D eigenvalue weighted by molar-refractivity contribution is 8.44. The normalized spacial score (nSPS) is 29.2. The number of nitrogen functional groups attached to an aromatic ring is 2. The number of anilines is 2. The van der Waals surface area contributed by atoms with Crippen LogP contribution >= 0.6 is 25.8 Å². The Bertz CT molecular complexity index is 2070. The molecule has 2 saturated heterocycles. The number of hydrogen-bond donors (Lipinski definition) is 5. The molecule has 0 amide bonds. The molecule has 9 atom stereocenters. The molecule has 3 unspecified atom stereocenters. The molecule has 0 aliphatic carbocycles. The van der Waals surface area contributed by atoms with Gasteiger partial charge in [-0.1, -0.05) is 33.0 Å². The lowest BCUT2D eigenvalue weighted by molar-refractivity contribution is -0.101. The zero-order valence-electron chi connectivity index (χ0n) is 30.0. The van der Waals surface area contributed by atoms with Gasteiger partial charge in [-0.05, 0) is 36.9 Å². The minimum Gasteiger partial charge on any atom is -0.408 e. The number of methoxy groups -OCH3 is 1. The molecule has 2 aliphatic heterocycles. The summed E-state index contributed by atoms with van der Waals surface area (Å²) in [5.74, 6) is 0.349. The van der Waals surface area contributed by atoms with E-state index in [1.165, 1.54) is 23.5 Å². The largest absolute Gasteiger partial charge is 0.408 e. The van der Waals surface area contributed by atoms with Crippen molar-refractivity contribution in [1.29, 1.82) is 0 Å². The smallest absolute Gasteiger partial charge is 0.383 e. The van der Waals surface area contributed by atoms with E-state index in [9.17, 15) is 14.4 Å². The summed E-state index contributed by atoms with van der Waals surface area (Å²) < 4.78 is 58.5. The van der Waals surface area contributed by atoms with Crippen LogP contribution in [0.3, 0.4) is 0 Å². The molecule has 0 radical (unpaired) electrons. The monoisotopic (exact) mass is 834 g/mol. The van der Waals surface area contributed by atoms with E-state index >= 15 is 0 Å². The maximum atomic E-state index is 12.1. The van der Waals surface area contributed by atoms with Crippen molar-refractivity contribution in [3.8, 4) is 0 Å². The molecule has 292 valence electrons. The van der Waals surface area contributed by atoms with Gasteiger partial charge < -0.3 is 44.4 Å². The van der Waals surface area contributed by atoms with Crippen molar-refractivity contribution in [3.05, 3.63) is 25.3 Å². The first-order chi connectivity index (χ1) is 24.6. The topological polar surface area (TPSA) is 261 Å². The third-order valence-corrected chi connectivity index (χ3v) is 16.5. The van der Waals surface area contributed by atoms with Crippen LogP contribution < -0.4 is 11.5 Å². The van der Waals surface area contributed by atoms with Gasteiger partial charge in [0.25, 0.3) is 0 Å². The lowest BCUT2D eigenvalue weighted by atomic mass is 10.0. The molecule has 0 saturated carbocycles. The predicted molar refractivity (Wildman–Crippen MR) is 201 cm³/mol. The maximum Gasteiger partial charge on any atom is 0.383 e. The lowest BCUT2D eigenvalue weighted by Gasteiger charge is -2.41. The Morgan fingerprint density at radius 3 is 2.09 bits per heavy atom. The number of fused-ring (bicyclic) bond motifs is 2. The van der Waals surface area contributed by atoms with Crippen LogP contribution in [0.2, 0.25) is 18.1 Å². The van der Waals surface area contributed by atoms with E-state index in [1.54, 1.807) is 24.9 Å². The van der Waals surface area contributed by atoms with E-state index in [0.717, 1.165) is 0 Å². The molecular formula is C28H44N10O10P2S2Si. The van der Waals surface area contributed by atoms with Gasteiger partial charge in [-0.15, -0.1) is 0 Å². The molecule has 0 spiro atoms. The van der Waals surface area contributed by atoms with Gasteiger partial charge >= 0.3 is 13.5 Å². The predicted octanol–water partition coefficient (Wildman–Crippen LogP) is 3.48. The van der Waals surface area contributed by atoms with Crippen molar-refractivity contribution >= 4 is 79.9 Å². The molecule has 25 heteroatoms. The van der Waals surface area contributed by atoms with Gasteiger partial charge in [0.15, 0.2) is 43.7 Å². The summed E-state index contributed by atoms with van der Waals surface area (Å²) in [6, 6.07) is 0. The van der Waals surface area contributed by atoms with Gasteiger partial charge in [0.2, 0.25) is 0 Å². The highest BCUT2D eigenvalue weighted by atomic mass is 32.7. The van der Waals surface area contributed by atoms with Crippen molar-refractivity contribution < 1.29 is 46.6 Å². The van der Waals surface area contributed by atoms with Crippen LogP contribution in [0, 0.1) is 0 Å². The summed E-state index contributed by atoms with van der Waals surface area (Å²) in [6.07, 6.45) is 0.455. The van der Waals surface area contributed by atoms with Gasteiger partial charge in [0, 0.05) is 13.5 Å². The summed E-state index contributed by atoms with van der Waals surface area (Å²) in [7, 11) is -1.09. The van der Waals surface area contributed by atoms with Crippen LogP contribution in [-0.2, 0) is 48.6 Å². The fourth-order valence-electron chi connectivity index (χ4n) is 5.99. The minimum absolute atomic E-state index is 0.127. The first kappa shape index (κ1) is 40.4. The van der Waals surface area contributed by atoms with Gasteiger partial charge in [-0.2, -0.15) is 0 Å². The number of imidazole rings is 2. The number of nitrogens with zero attached hydrogens (tertiary/aromatic N) is 8. The standard InChI is InChI=1S/C28H44N10O10P2S2Si/c1-27(2,3)53(6,7)48-19-16(9-43-49(39,40)51)45-26(38-14-36-18-22(30)32-12-34-24(18)38)20(19)47-50(41,52)44-10-28(4)8-15(42-5)25(46-28)37-13-35-17-21(29)31-11-33-23(17)37/h11-16,19-20,25-26H,8-10H2,1-7H3,(H,41,52)(H2,29,31,33)(H2,30,32,34)(H2,39,40,51)/t15-,16-,19?,20-,25-,26-,28+,50?/m1/s1. The van der Waals surface area contributed by atoms with Crippen molar-refractivity contribution in [2.24, 2.45) is 0 Å². The third kappa shape index (κ3) is 8.48. The molecule has 2 fully saturated rings. The number of aromatic nitrogens is 8. The summed E-state index contributed by atoms with van der Waals surface area (Å²) in [5, 5.41) is -0.294. The summed E-state index contributed by atoms with van der Waals surface area (Å²) in [6.45, 7) is 2.93. The van der Waals surface area contributed by atoms with Gasteiger partial charge in [-0.3, -0.25) is 18.2 Å². The first-order valence-corrected chi connectivity index (χ1v) is 24.6. The van der Waals surface area contributed by atoms with E-state index in [-0.39, 0.29) is 23.3 Å². The van der Waals surface area contributed by atoms with Crippen LogP contribution in [0.25, 0.3) is 22.3 Å². The SMILES string of the molecule is CO[C@@H]1C[C@@](C)(COP(O)(=S)O[C@@H]2C(O[Si](C)(C)C(C)(C)C)[C@@H](COP(=O)(O)S)O[C@H]2n2cnc3c(N)ncnc32)O[C@H]1n1cnc2c(N)ncnc21. The zero-order valence-corrected chi connectivity index (χ0v) is 34.5. The number of hydrogen-bond acceptors (Lipinski definition) is 17. The number of thiol groups is 1. The van der Waals surface area contributed by atoms with Crippen molar-refractivity contribution in [1.82, 2.24) is 39.0 Å². The van der Waals surface area contributed by atoms with Gasteiger partial charge in [0.1, 0.15) is 48.1 Å². The van der Waals surface area contributed by atoms with Gasteiger partial charge in [-0.25, -0.2) is 34.5 Å². The molecule has 6 heterocycles. The van der Waals surface area contributed by atoms with Crippen molar-refractivity contribution in [2.75, 3.05) is 31.8 Å². The van der Waals surface area contributed by atoms with E-state index in [4.69, 9.17) is 55.5 Å². The Labute approximate surface area is 316 Å². The zero-order chi connectivity index (χ0) is 38.7. The Balaban J connectivity index is 1.30. The Morgan fingerprint density at radius 1 is 1.00 bits per heavy atom. The summed E-state index contributed by atoms with van der Waals surface area (Å²) in [4.78, 5) is 47.0. The van der Waals surface area contributed by atoms with Crippen LogP contribution in [0.1, 0.15) is 46.6 Å². The number of ether oxygens (including phenoxy) is 3. The molecule has 4 aromatic heterocycles. The molecule has 0 aromatic carbocycles. The average molecular weight is 835 g/mol. The van der Waals surface area contributed by atoms with Gasteiger partial charge in [0.05, 0.1) is 31.5 Å². The molecule has 20 nitrogen and oxygen atoms in total. The minimum atomic E-state index is -4.25. The number of rotatable bonds is 13. The van der Waals surface area contributed by atoms with Crippen LogP contribution in [0.5, 0.6) is 0 Å². The van der Waals surface area contributed by atoms with E-state index in [1.807, 2.05) is 33.9 Å². The van der Waals surface area contributed by atoms with Crippen molar-refractivity contribution in [2.45, 2.75) is 94.7 Å². The Hall–Kier alpha value is -2.21. The maximum absolute atomic E-state index is 12.1. The molecule has 2 aliphatic rings. The van der Waals surface area contributed by atoms with Crippen LogP contribution in [0.4, 0.5) is 11.6 Å². The molecule has 0 bridgehead atoms. The second-order valence-corrected chi connectivity index (χ2v) is 24.9. The molecule has 53 heavy (non-hydrogen) atoms. The second-order valence-electron chi connectivity index (χ2n) is 14.6. The van der Waals surface area contributed by atoms with Crippen LogP contribution in [-0.4, -0.2) is 107 Å². The van der Waals surface area contributed by atoms with E-state index in [0.29, 0.717) is 28.7 Å². The number of nitrogens with two attached hydrogens (primary N) is 2. The Kier molecular flexibility index (Phi) is 11.2. The molecule has 6 rings (SSSR count). The highest BCUT2D eigenvalue weighted by Gasteiger charge is 2.54. The van der Waals surface area contributed by atoms with E-state index < -0.39 is 70.9 Å². The molecule has 4 aromatic rings. The average Bonchev–Trinajstić information content (AvgIpc) is 3.83. The highest BCUT2D eigenvalue weighted by Crippen LogP contribution is 2.54. The quantitative estimate of drug-likeness (QED) is 0.0733. The molecular weight excluding hydrogens is 791 g/mol. The van der Waals surface area contributed by atoms with Crippen molar-refractivity contribution in [3.63, 3.8) is 0 Å². The second kappa shape index (κ2) is 14.7. The lowest BCUT2D eigenvalue weighted by Crippen LogP contribution is -2.50. The van der Waals surface area contributed by atoms with Crippen LogP contribution in [0.15, 0.2) is 25.3 Å². The van der Waals surface area contributed by atoms with E-state index in [2.05, 4.69) is 42.2 Å².